The van der Waals surface area contributed by atoms with E-state index in [4.69, 9.17) is 0 Å². The molecule has 0 bridgehead atoms. The van der Waals surface area contributed by atoms with Gasteiger partial charge in [-0.3, -0.25) is 10.0 Å². The second-order valence-corrected chi connectivity index (χ2v) is 3.32. The van der Waals surface area contributed by atoms with Crippen LogP contribution in [-0.2, 0) is 18.6 Å². The van der Waals surface area contributed by atoms with E-state index in [9.17, 15) is 10.0 Å². The largest absolute Gasteiger partial charge is 2.00 e. The van der Waals surface area contributed by atoms with E-state index in [1.165, 1.54) is 0 Å². The molecule has 0 aliphatic carbocycles. The second-order valence-electron chi connectivity index (χ2n) is 3.32. The third kappa shape index (κ3) is 4.91. The van der Waals surface area contributed by atoms with Gasteiger partial charge >= 0.3 is 18.6 Å². The summed E-state index contributed by atoms with van der Waals surface area (Å²) in [5.74, 6) is -0.438. The Balaban J connectivity index is 0. The van der Waals surface area contributed by atoms with E-state index in [-0.39, 0.29) is 33.4 Å². The quantitative estimate of drug-likeness (QED) is 0.522. The Morgan fingerprint density at radius 2 is 1.26 bits per heavy atom. The first-order chi connectivity index (χ1) is 7.79. The van der Waals surface area contributed by atoms with Crippen molar-refractivity contribution in [1.82, 2.24) is 0 Å². The number of benzene rings is 2. The number of rotatable bonds is 2. The minimum absolute atomic E-state index is 0. The molecule has 0 heterocycles. The molecule has 2 rings (SSSR count). The summed E-state index contributed by atoms with van der Waals surface area (Å²) in [6, 6.07) is 17.3. The number of nitrogens with zero attached hydrogens (tertiary/aromatic N) is 1. The maximum atomic E-state index is 11.8. The summed E-state index contributed by atoms with van der Waals surface area (Å²) in [5.41, 5.74) is 0.908. The van der Waals surface area contributed by atoms with Crippen LogP contribution in [0.2, 0.25) is 0 Å². The van der Waals surface area contributed by atoms with Gasteiger partial charge in [-0.25, -0.2) is 0 Å². The fraction of sp³-hybridized carbons (Fsp3) is 0. The predicted molar refractivity (Wildman–Crippen MR) is 74.3 cm³/mol. The van der Waals surface area contributed by atoms with Crippen LogP contribution < -0.4 is 5.06 Å². The van der Waals surface area contributed by atoms with Crippen LogP contribution in [0.25, 0.3) is 0 Å². The molecule has 0 aliphatic rings. The molecule has 0 saturated heterocycles. The van der Waals surface area contributed by atoms with Crippen molar-refractivity contribution in [3.8, 4) is 0 Å². The Morgan fingerprint density at radius 3 is 1.74 bits per heavy atom. The van der Waals surface area contributed by atoms with Crippen LogP contribution in [0.5, 0.6) is 0 Å². The van der Waals surface area contributed by atoms with E-state index in [0.29, 0.717) is 16.3 Å². The number of carbonyl (C=O) groups is 1. The van der Waals surface area contributed by atoms with E-state index in [1.54, 1.807) is 48.5 Å². The van der Waals surface area contributed by atoms with Gasteiger partial charge in [0.05, 0.1) is 5.69 Å². The standard InChI is InChI=1S/C13H11NO2.2CH3.V/c15-13(11-7-3-1-4-8-11)14(16)12-9-5-2-6-10-12;;;/h1-10,16H;2*1H3;/q;2*-1;+2. The molecule has 19 heavy (non-hydrogen) atoms. The molecule has 2 aromatic rings. The van der Waals surface area contributed by atoms with Crippen molar-refractivity contribution >= 4 is 11.6 Å². The number of hydroxylamine groups is 1. The smallest absolute Gasteiger partial charge is 0.358 e. The Kier molecular flexibility index (Phi) is 9.78. The molecule has 1 radical (unpaired) electrons. The summed E-state index contributed by atoms with van der Waals surface area (Å²) in [4.78, 5) is 11.8. The minimum Gasteiger partial charge on any atom is -0.358 e. The van der Waals surface area contributed by atoms with Crippen LogP contribution in [0.15, 0.2) is 60.7 Å². The Bertz CT molecular complexity index is 474. The van der Waals surface area contributed by atoms with Gasteiger partial charge in [-0.2, -0.15) is 5.06 Å². The first-order valence-electron chi connectivity index (χ1n) is 4.92. The monoisotopic (exact) mass is 294 g/mol. The summed E-state index contributed by atoms with van der Waals surface area (Å²) in [7, 11) is 0. The van der Waals surface area contributed by atoms with Crippen LogP contribution in [0.1, 0.15) is 10.4 Å². The molecule has 0 aliphatic heterocycles. The van der Waals surface area contributed by atoms with E-state index in [0.717, 1.165) is 0 Å². The fourth-order valence-electron chi connectivity index (χ4n) is 1.39. The van der Waals surface area contributed by atoms with Crippen LogP contribution in [-0.4, -0.2) is 11.1 Å². The zero-order valence-electron chi connectivity index (χ0n) is 11.0. The second kappa shape index (κ2) is 9.39. The topological polar surface area (TPSA) is 40.5 Å². The Hall–Kier alpha value is -1.55. The van der Waals surface area contributed by atoms with E-state index >= 15 is 0 Å². The molecule has 2 aromatic carbocycles. The number of hydrogen-bond donors (Lipinski definition) is 1. The predicted octanol–water partition coefficient (Wildman–Crippen LogP) is 3.62. The molecule has 4 heteroatoms. The molecular weight excluding hydrogens is 277 g/mol. The van der Waals surface area contributed by atoms with Crippen LogP contribution in [0, 0.1) is 14.9 Å². The molecule has 1 N–H and O–H groups in total. The zero-order chi connectivity index (χ0) is 11.4. The number of hydrogen-bond acceptors (Lipinski definition) is 2. The van der Waals surface area contributed by atoms with Crippen molar-refractivity contribution in [2.75, 3.05) is 5.06 Å². The van der Waals surface area contributed by atoms with Crippen molar-refractivity contribution in [2.45, 2.75) is 0 Å². The van der Waals surface area contributed by atoms with E-state index in [2.05, 4.69) is 0 Å². The molecule has 3 nitrogen and oxygen atoms in total. The average Bonchev–Trinajstić information content (AvgIpc) is 2.39. The molecule has 0 atom stereocenters. The number of para-hydroxylation sites is 1. The van der Waals surface area contributed by atoms with Crippen molar-refractivity contribution < 1.29 is 28.6 Å². The van der Waals surface area contributed by atoms with Crippen molar-refractivity contribution in [3.05, 3.63) is 81.1 Å². The van der Waals surface area contributed by atoms with Gasteiger partial charge in [0.15, 0.2) is 0 Å². The first kappa shape index (κ1) is 19.8. The van der Waals surface area contributed by atoms with Crippen molar-refractivity contribution in [3.63, 3.8) is 0 Å². The Labute approximate surface area is 126 Å². The van der Waals surface area contributed by atoms with Crippen LogP contribution in [0.3, 0.4) is 0 Å². The molecule has 1 amide bonds. The summed E-state index contributed by atoms with van der Waals surface area (Å²) >= 11 is 0. The van der Waals surface area contributed by atoms with Gasteiger partial charge in [0.1, 0.15) is 0 Å². The first-order valence-corrected chi connectivity index (χ1v) is 4.92. The third-order valence-electron chi connectivity index (χ3n) is 2.21. The SMILES string of the molecule is O=C(c1ccccc1)N(O)c1ccccc1.[CH3-].[CH3-].[V+2]. The Morgan fingerprint density at radius 1 is 0.842 bits per heavy atom. The summed E-state index contributed by atoms with van der Waals surface area (Å²) in [6.45, 7) is 0. The third-order valence-corrected chi connectivity index (χ3v) is 2.21. The molecule has 99 valence electrons. The molecule has 0 spiro atoms. The minimum atomic E-state index is -0.438. The van der Waals surface area contributed by atoms with Gasteiger partial charge in [-0.15, -0.1) is 0 Å². The van der Waals surface area contributed by atoms with Crippen molar-refractivity contribution in [2.24, 2.45) is 0 Å². The summed E-state index contributed by atoms with van der Waals surface area (Å²) in [5, 5.41) is 10.4. The number of anilines is 1. The van der Waals surface area contributed by atoms with Gasteiger partial charge in [-0.05, 0) is 24.3 Å². The normalized spacial score (nSPS) is 8.26. The van der Waals surface area contributed by atoms with Crippen LogP contribution in [0.4, 0.5) is 5.69 Å². The maximum Gasteiger partial charge on any atom is 2.00 e. The summed E-state index contributed by atoms with van der Waals surface area (Å²) in [6.07, 6.45) is 0. The van der Waals surface area contributed by atoms with E-state index < -0.39 is 5.91 Å². The molecular formula is C15H17NO2V. The molecule has 0 saturated carbocycles. The average molecular weight is 294 g/mol. The fourth-order valence-corrected chi connectivity index (χ4v) is 1.39. The molecule has 0 aromatic heterocycles. The molecule has 0 fully saturated rings. The van der Waals surface area contributed by atoms with Gasteiger partial charge in [0, 0.05) is 5.56 Å². The van der Waals surface area contributed by atoms with Gasteiger partial charge in [-0.1, -0.05) is 36.4 Å². The number of amides is 1. The number of carbonyl (C=O) groups excluding carboxylic acids is 1. The zero-order valence-corrected chi connectivity index (χ0v) is 12.4. The molecule has 0 unspecified atom stereocenters. The maximum absolute atomic E-state index is 11.8. The van der Waals surface area contributed by atoms with Gasteiger partial charge in [0.25, 0.3) is 5.91 Å². The van der Waals surface area contributed by atoms with Gasteiger partial charge < -0.3 is 14.9 Å². The van der Waals surface area contributed by atoms with Gasteiger partial charge in [0.2, 0.25) is 0 Å². The van der Waals surface area contributed by atoms with Crippen molar-refractivity contribution in [1.29, 1.82) is 0 Å². The summed E-state index contributed by atoms with van der Waals surface area (Å²) < 4.78 is 0. The van der Waals surface area contributed by atoms with Crippen LogP contribution >= 0.6 is 0 Å². The van der Waals surface area contributed by atoms with E-state index in [1.807, 2.05) is 12.1 Å².